The molecule has 3 aromatic carbocycles. The minimum Gasteiger partial charge on any atom is -0.507 e. The van der Waals surface area contributed by atoms with Crippen molar-refractivity contribution in [2.45, 2.75) is 72.3 Å². The first-order valence-electron chi connectivity index (χ1n) is 13.3. The van der Waals surface area contributed by atoms with Crippen molar-refractivity contribution in [1.82, 2.24) is 0 Å². The summed E-state index contributed by atoms with van der Waals surface area (Å²) in [6, 6.07) is 18.6. The van der Waals surface area contributed by atoms with Crippen molar-refractivity contribution in [2.75, 3.05) is 12.0 Å². The third-order valence-corrected chi connectivity index (χ3v) is 7.55. The van der Waals surface area contributed by atoms with Crippen LogP contribution in [-0.4, -0.2) is 23.9 Å². The van der Waals surface area contributed by atoms with Crippen molar-refractivity contribution in [3.8, 4) is 5.75 Å². The molecular weight excluding hydrogens is 486 g/mol. The molecule has 1 aliphatic heterocycles. The zero-order chi connectivity index (χ0) is 28.9. The number of amides is 1. The van der Waals surface area contributed by atoms with E-state index in [4.69, 9.17) is 4.74 Å². The Balaban J connectivity index is 1.94. The summed E-state index contributed by atoms with van der Waals surface area (Å²) in [4.78, 5) is 28.7. The SMILES string of the molecule is COc1cc(C)c(/C(O)=C2\C(=O)C(=O)N(c3ccc(C(C)(C)C)cc3)C2c2ccc(C(C)(C)C)cc2)cc1C. The highest BCUT2D eigenvalue weighted by atomic mass is 16.5. The van der Waals surface area contributed by atoms with Gasteiger partial charge in [0.25, 0.3) is 11.7 Å². The van der Waals surface area contributed by atoms with Crippen molar-refractivity contribution in [3.63, 3.8) is 0 Å². The molecular formula is C34H39NO4. The first kappa shape index (κ1) is 28.2. The largest absolute Gasteiger partial charge is 0.507 e. The third kappa shape index (κ3) is 5.23. The van der Waals surface area contributed by atoms with Crippen LogP contribution in [0.15, 0.2) is 66.2 Å². The number of carbonyl (C=O) groups excluding carboxylic acids is 2. The number of aliphatic hydroxyl groups is 1. The van der Waals surface area contributed by atoms with E-state index in [1.54, 1.807) is 13.2 Å². The summed E-state index contributed by atoms with van der Waals surface area (Å²) in [5, 5.41) is 11.6. The predicted octanol–water partition coefficient (Wildman–Crippen LogP) is 7.53. The lowest BCUT2D eigenvalue weighted by Crippen LogP contribution is -2.29. The molecule has 1 aliphatic rings. The minimum atomic E-state index is -0.777. The number of carbonyl (C=O) groups is 2. The summed E-state index contributed by atoms with van der Waals surface area (Å²) in [5.74, 6) is -0.855. The number of methoxy groups -OCH3 is 1. The molecule has 1 amide bonds. The fraction of sp³-hybridized carbons (Fsp3) is 0.353. The van der Waals surface area contributed by atoms with Gasteiger partial charge in [0.2, 0.25) is 0 Å². The zero-order valence-corrected chi connectivity index (χ0v) is 24.5. The van der Waals surface area contributed by atoms with Crippen LogP contribution in [0.4, 0.5) is 5.69 Å². The fourth-order valence-corrected chi connectivity index (χ4v) is 5.11. The summed E-state index contributed by atoms with van der Waals surface area (Å²) in [6.45, 7) is 16.5. The summed E-state index contributed by atoms with van der Waals surface area (Å²) in [6.07, 6.45) is 0. The Kier molecular flexibility index (Phi) is 7.24. The van der Waals surface area contributed by atoms with Gasteiger partial charge in [-0.1, -0.05) is 77.9 Å². The van der Waals surface area contributed by atoms with Gasteiger partial charge in [0.05, 0.1) is 18.7 Å². The minimum absolute atomic E-state index is 0.0547. The van der Waals surface area contributed by atoms with Crippen LogP contribution in [0.5, 0.6) is 5.75 Å². The molecule has 39 heavy (non-hydrogen) atoms. The summed E-state index contributed by atoms with van der Waals surface area (Å²) in [7, 11) is 1.60. The van der Waals surface area contributed by atoms with E-state index in [0.29, 0.717) is 17.0 Å². The van der Waals surface area contributed by atoms with Crippen LogP contribution >= 0.6 is 0 Å². The number of benzene rings is 3. The highest BCUT2D eigenvalue weighted by molar-refractivity contribution is 6.51. The van der Waals surface area contributed by atoms with E-state index >= 15 is 0 Å². The number of anilines is 1. The maximum atomic E-state index is 13.6. The molecule has 204 valence electrons. The van der Waals surface area contributed by atoms with Crippen molar-refractivity contribution in [2.24, 2.45) is 0 Å². The molecule has 0 aliphatic carbocycles. The van der Waals surface area contributed by atoms with E-state index in [1.165, 1.54) is 4.90 Å². The zero-order valence-electron chi connectivity index (χ0n) is 24.5. The standard InChI is InChI=1S/C34H39NO4/c1-20-19-27(39-9)21(2)18-26(20)30(36)28-29(22-10-12-23(13-11-22)33(3,4)5)35(32(38)31(28)37)25-16-14-24(15-17-25)34(6,7)8/h10-19,29,36H,1-9H3/b30-28+. The number of ether oxygens (including phenoxy) is 1. The first-order valence-corrected chi connectivity index (χ1v) is 13.3. The van der Waals surface area contributed by atoms with Crippen LogP contribution < -0.4 is 9.64 Å². The molecule has 0 aromatic heterocycles. The predicted molar refractivity (Wildman–Crippen MR) is 158 cm³/mol. The van der Waals surface area contributed by atoms with Gasteiger partial charge in [0, 0.05) is 11.3 Å². The van der Waals surface area contributed by atoms with E-state index in [-0.39, 0.29) is 22.2 Å². The van der Waals surface area contributed by atoms with Crippen LogP contribution in [-0.2, 0) is 20.4 Å². The Morgan fingerprint density at radius 2 is 1.31 bits per heavy atom. The Morgan fingerprint density at radius 3 is 1.79 bits per heavy atom. The number of rotatable bonds is 4. The molecule has 4 rings (SSSR count). The number of ketones is 1. The van der Waals surface area contributed by atoms with Gasteiger partial charge in [-0.2, -0.15) is 0 Å². The van der Waals surface area contributed by atoms with Gasteiger partial charge in [-0.3, -0.25) is 14.5 Å². The lowest BCUT2D eigenvalue weighted by atomic mass is 9.85. The Bertz CT molecular complexity index is 1450. The molecule has 0 spiro atoms. The van der Waals surface area contributed by atoms with Crippen LogP contribution in [0.25, 0.3) is 5.76 Å². The number of nitrogens with zero attached hydrogens (tertiary/aromatic N) is 1. The Labute approximate surface area is 232 Å². The highest BCUT2D eigenvalue weighted by Gasteiger charge is 2.47. The maximum Gasteiger partial charge on any atom is 0.300 e. The average molecular weight is 526 g/mol. The second-order valence-electron chi connectivity index (χ2n) is 12.5. The van der Waals surface area contributed by atoms with Crippen LogP contribution in [0.1, 0.15) is 81.0 Å². The third-order valence-electron chi connectivity index (χ3n) is 7.55. The van der Waals surface area contributed by atoms with Crippen molar-refractivity contribution in [3.05, 3.63) is 99.6 Å². The first-order chi connectivity index (χ1) is 18.1. The van der Waals surface area contributed by atoms with Gasteiger partial charge < -0.3 is 9.84 Å². The quantitative estimate of drug-likeness (QED) is 0.217. The smallest absolute Gasteiger partial charge is 0.300 e. The number of hydrogen-bond donors (Lipinski definition) is 1. The van der Waals surface area contributed by atoms with Crippen LogP contribution in [0.2, 0.25) is 0 Å². The van der Waals surface area contributed by atoms with Gasteiger partial charge in [0.1, 0.15) is 11.5 Å². The van der Waals surface area contributed by atoms with E-state index < -0.39 is 17.7 Å². The lowest BCUT2D eigenvalue weighted by molar-refractivity contribution is -0.132. The molecule has 0 saturated carbocycles. The van der Waals surface area contributed by atoms with Crippen molar-refractivity contribution in [1.29, 1.82) is 0 Å². The van der Waals surface area contributed by atoms with E-state index in [1.807, 2.05) is 68.4 Å². The molecule has 1 heterocycles. The number of hydrogen-bond acceptors (Lipinski definition) is 4. The Morgan fingerprint density at radius 1 is 0.795 bits per heavy atom. The van der Waals surface area contributed by atoms with Gasteiger partial charge >= 0.3 is 0 Å². The lowest BCUT2D eigenvalue weighted by Gasteiger charge is -2.27. The molecule has 1 atom stereocenters. The second kappa shape index (κ2) is 10.0. The molecule has 0 bridgehead atoms. The summed E-state index contributed by atoms with van der Waals surface area (Å²) < 4.78 is 5.43. The van der Waals surface area contributed by atoms with Gasteiger partial charge in [-0.05, 0) is 76.8 Å². The molecule has 1 unspecified atom stereocenters. The Hall–Kier alpha value is -3.86. The number of Topliss-reactive ketones (excluding diaryl/α,β-unsaturated/α-hetero) is 1. The normalized spacial score (nSPS) is 17.6. The molecule has 5 heteroatoms. The van der Waals surface area contributed by atoms with Crippen LogP contribution in [0, 0.1) is 13.8 Å². The summed E-state index contributed by atoms with van der Waals surface area (Å²) >= 11 is 0. The van der Waals surface area contributed by atoms with Gasteiger partial charge in [-0.25, -0.2) is 0 Å². The summed E-state index contributed by atoms with van der Waals surface area (Å²) in [5.41, 5.74) is 5.67. The topological polar surface area (TPSA) is 66.8 Å². The fourth-order valence-electron chi connectivity index (χ4n) is 5.11. The van der Waals surface area contributed by atoms with Crippen LogP contribution in [0.3, 0.4) is 0 Å². The molecule has 1 N–H and O–H groups in total. The average Bonchev–Trinajstić information content (AvgIpc) is 3.14. The van der Waals surface area contributed by atoms with Gasteiger partial charge in [-0.15, -0.1) is 0 Å². The monoisotopic (exact) mass is 525 g/mol. The van der Waals surface area contributed by atoms with Crippen molar-refractivity contribution < 1.29 is 19.4 Å². The molecule has 1 saturated heterocycles. The van der Waals surface area contributed by atoms with E-state index in [9.17, 15) is 14.7 Å². The number of aliphatic hydroxyl groups excluding tert-OH is 1. The molecule has 3 aromatic rings. The maximum absolute atomic E-state index is 13.6. The van der Waals surface area contributed by atoms with Crippen molar-refractivity contribution >= 4 is 23.1 Å². The van der Waals surface area contributed by atoms with Gasteiger partial charge in [0.15, 0.2) is 0 Å². The number of aryl methyl sites for hydroxylation is 2. The molecule has 1 fully saturated rings. The van der Waals surface area contributed by atoms with E-state index in [2.05, 4.69) is 41.5 Å². The second-order valence-corrected chi connectivity index (χ2v) is 12.5. The van der Waals surface area contributed by atoms with E-state index in [0.717, 1.165) is 27.8 Å². The molecule has 5 nitrogen and oxygen atoms in total. The molecule has 0 radical (unpaired) electrons. The highest BCUT2D eigenvalue weighted by Crippen LogP contribution is 2.43.